The van der Waals surface area contributed by atoms with Crippen molar-refractivity contribution < 1.29 is 4.79 Å². The van der Waals surface area contributed by atoms with Crippen molar-refractivity contribution in [1.82, 2.24) is 0 Å². The van der Waals surface area contributed by atoms with Crippen LogP contribution in [0.4, 0.5) is 0 Å². The summed E-state index contributed by atoms with van der Waals surface area (Å²) in [7, 11) is 0. The summed E-state index contributed by atoms with van der Waals surface area (Å²) in [6, 6.07) is 0. The molecule has 0 aromatic carbocycles. The van der Waals surface area contributed by atoms with Crippen LogP contribution in [0.1, 0.15) is 32.1 Å². The number of carbonyl (C=O) groups is 1. The van der Waals surface area contributed by atoms with E-state index in [1.54, 1.807) is 0 Å². The first-order valence-corrected chi connectivity index (χ1v) is 4.58. The normalized spacial score (nSPS) is 36.9. The molecule has 1 nitrogen and oxygen atoms in total. The second-order valence-corrected chi connectivity index (χ2v) is 3.65. The number of carbonyl (C=O) groups excluding carboxylic acids is 1. The largest absolute Gasteiger partial charge is 0.299 e. The molecule has 2 atom stereocenters. The highest BCUT2D eigenvalue weighted by molar-refractivity contribution is 5.86. The van der Waals surface area contributed by atoms with Crippen LogP contribution in [0.3, 0.4) is 0 Å². The van der Waals surface area contributed by atoms with Crippen LogP contribution in [0, 0.1) is 11.8 Å². The van der Waals surface area contributed by atoms with Crippen LogP contribution < -0.4 is 0 Å². The lowest BCUT2D eigenvalue weighted by Crippen LogP contribution is -2.22. The average Bonchev–Trinajstić information content (AvgIpc) is 2.17. The maximum Gasteiger partial charge on any atom is 0.143 e. The van der Waals surface area contributed by atoms with Crippen LogP contribution >= 0.6 is 0 Å². The van der Waals surface area contributed by atoms with Gasteiger partial charge < -0.3 is 0 Å². The average molecular weight is 150 g/mol. The molecule has 1 heteroatoms. The van der Waals surface area contributed by atoms with Crippen molar-refractivity contribution in [2.24, 2.45) is 11.8 Å². The van der Waals surface area contributed by atoms with Gasteiger partial charge >= 0.3 is 0 Å². The van der Waals surface area contributed by atoms with Gasteiger partial charge in [0.2, 0.25) is 0 Å². The molecule has 0 saturated heterocycles. The Morgan fingerprint density at radius 3 is 3.00 bits per heavy atom. The number of hydrogen-bond donors (Lipinski definition) is 0. The van der Waals surface area contributed by atoms with Gasteiger partial charge in [0.15, 0.2) is 0 Å². The molecule has 0 aromatic heterocycles. The third-order valence-corrected chi connectivity index (χ3v) is 2.87. The molecule has 11 heavy (non-hydrogen) atoms. The second kappa shape index (κ2) is 2.80. The van der Waals surface area contributed by atoms with Crippen molar-refractivity contribution in [1.29, 1.82) is 0 Å². The van der Waals surface area contributed by atoms with E-state index in [1.807, 2.05) is 0 Å². The molecule has 2 aliphatic rings. The molecule has 0 spiro atoms. The van der Waals surface area contributed by atoms with E-state index in [0.717, 1.165) is 19.3 Å². The van der Waals surface area contributed by atoms with Gasteiger partial charge in [0.1, 0.15) is 5.78 Å². The topological polar surface area (TPSA) is 17.1 Å². The van der Waals surface area contributed by atoms with E-state index in [1.165, 1.54) is 12.8 Å². The molecule has 60 valence electrons. The van der Waals surface area contributed by atoms with E-state index in [-0.39, 0.29) is 5.92 Å². The highest BCUT2D eigenvalue weighted by Gasteiger charge is 2.29. The lowest BCUT2D eigenvalue weighted by molar-refractivity contribution is -0.125. The highest BCUT2D eigenvalue weighted by atomic mass is 16.1. The standard InChI is InChI=1S/C10H14O/c11-10-8-4-1-2-5-9(10)7-3-6-8/h3,6,8-9H,1-2,4-5,7H2/t8-,9+/m1/s1. The molecule has 1 saturated carbocycles. The summed E-state index contributed by atoms with van der Waals surface area (Å²) in [5.74, 6) is 1.19. The number of rotatable bonds is 0. The molecule has 0 unspecified atom stereocenters. The van der Waals surface area contributed by atoms with E-state index in [9.17, 15) is 4.79 Å². The van der Waals surface area contributed by atoms with Crippen LogP contribution in [0.2, 0.25) is 0 Å². The fourth-order valence-electron chi connectivity index (χ4n) is 2.17. The Kier molecular flexibility index (Phi) is 1.80. The highest BCUT2D eigenvalue weighted by Crippen LogP contribution is 2.31. The second-order valence-electron chi connectivity index (χ2n) is 3.65. The summed E-state index contributed by atoms with van der Waals surface area (Å²) in [5.41, 5.74) is 0. The molecule has 2 bridgehead atoms. The maximum atomic E-state index is 11.6. The molecule has 0 amide bonds. The first kappa shape index (κ1) is 7.08. The smallest absolute Gasteiger partial charge is 0.143 e. The summed E-state index contributed by atoms with van der Waals surface area (Å²) in [6.07, 6.45) is 10.1. The number of hydrogen-bond acceptors (Lipinski definition) is 1. The van der Waals surface area contributed by atoms with E-state index in [0.29, 0.717) is 11.7 Å². The number of ketones is 1. The van der Waals surface area contributed by atoms with Gasteiger partial charge in [0, 0.05) is 11.8 Å². The van der Waals surface area contributed by atoms with E-state index >= 15 is 0 Å². The van der Waals surface area contributed by atoms with Crippen LogP contribution in [-0.2, 0) is 4.79 Å². The van der Waals surface area contributed by atoms with E-state index < -0.39 is 0 Å². The lowest BCUT2D eigenvalue weighted by atomic mass is 9.84. The minimum absolute atomic E-state index is 0.288. The van der Waals surface area contributed by atoms with Crippen LogP contribution in [-0.4, -0.2) is 5.78 Å². The van der Waals surface area contributed by atoms with Crippen molar-refractivity contribution in [3.8, 4) is 0 Å². The van der Waals surface area contributed by atoms with Gasteiger partial charge in [0.05, 0.1) is 0 Å². The molecule has 0 radical (unpaired) electrons. The predicted molar refractivity (Wildman–Crippen MR) is 44.2 cm³/mol. The third kappa shape index (κ3) is 1.24. The quantitative estimate of drug-likeness (QED) is 0.484. The zero-order chi connectivity index (χ0) is 7.68. The van der Waals surface area contributed by atoms with Crippen LogP contribution in [0.15, 0.2) is 12.2 Å². The molecule has 0 heterocycles. The molecular formula is C10H14O. The molecule has 1 fully saturated rings. The molecule has 0 aliphatic heterocycles. The van der Waals surface area contributed by atoms with Crippen molar-refractivity contribution in [2.75, 3.05) is 0 Å². The zero-order valence-corrected chi connectivity index (χ0v) is 6.75. The van der Waals surface area contributed by atoms with E-state index in [4.69, 9.17) is 0 Å². The molecule has 0 aromatic rings. The molecule has 2 aliphatic carbocycles. The first-order valence-electron chi connectivity index (χ1n) is 4.58. The van der Waals surface area contributed by atoms with Gasteiger partial charge in [-0.25, -0.2) is 0 Å². The summed E-state index contributed by atoms with van der Waals surface area (Å²) in [6.45, 7) is 0. The van der Waals surface area contributed by atoms with Gasteiger partial charge in [-0.3, -0.25) is 4.79 Å². The Labute approximate surface area is 67.5 Å². The Bertz CT molecular complexity index is 193. The van der Waals surface area contributed by atoms with Gasteiger partial charge in [-0.05, 0) is 19.3 Å². The van der Waals surface area contributed by atoms with Crippen molar-refractivity contribution in [3.63, 3.8) is 0 Å². The Hall–Kier alpha value is -0.590. The van der Waals surface area contributed by atoms with Gasteiger partial charge in [-0.15, -0.1) is 0 Å². The minimum atomic E-state index is 0.288. The first-order chi connectivity index (χ1) is 5.38. The van der Waals surface area contributed by atoms with Gasteiger partial charge in [-0.2, -0.15) is 0 Å². The number of Topliss-reactive ketones (excluding diaryl/α,β-unsaturated/α-hetero) is 1. The summed E-state index contributed by atoms with van der Waals surface area (Å²) in [5, 5.41) is 0. The zero-order valence-electron chi connectivity index (χ0n) is 6.75. The summed E-state index contributed by atoms with van der Waals surface area (Å²) >= 11 is 0. The number of fused-ring (bicyclic) bond motifs is 2. The van der Waals surface area contributed by atoms with Crippen molar-refractivity contribution >= 4 is 5.78 Å². The fourth-order valence-corrected chi connectivity index (χ4v) is 2.17. The third-order valence-electron chi connectivity index (χ3n) is 2.87. The maximum absolute atomic E-state index is 11.6. The van der Waals surface area contributed by atoms with Crippen molar-refractivity contribution in [2.45, 2.75) is 32.1 Å². The minimum Gasteiger partial charge on any atom is -0.299 e. The molecular weight excluding hydrogens is 136 g/mol. The number of allylic oxidation sites excluding steroid dienone is 2. The van der Waals surface area contributed by atoms with Gasteiger partial charge in [0.25, 0.3) is 0 Å². The Morgan fingerprint density at radius 1 is 1.27 bits per heavy atom. The SMILES string of the molecule is O=C1[C@@H]2CC=C[C@H]1CCCC2. The van der Waals surface area contributed by atoms with E-state index in [2.05, 4.69) is 12.2 Å². The summed E-state index contributed by atoms with van der Waals surface area (Å²) < 4.78 is 0. The fraction of sp³-hybridized carbons (Fsp3) is 0.700. The van der Waals surface area contributed by atoms with Crippen LogP contribution in [0.25, 0.3) is 0 Å². The predicted octanol–water partition coefficient (Wildman–Crippen LogP) is 2.32. The molecule has 2 rings (SSSR count). The summed E-state index contributed by atoms with van der Waals surface area (Å²) in [4.78, 5) is 11.6. The Balaban J connectivity index is 2.21. The van der Waals surface area contributed by atoms with Crippen molar-refractivity contribution in [3.05, 3.63) is 12.2 Å². The lowest BCUT2D eigenvalue weighted by Gasteiger charge is -2.18. The molecule has 0 N–H and O–H groups in total. The Morgan fingerprint density at radius 2 is 2.09 bits per heavy atom. The monoisotopic (exact) mass is 150 g/mol. The van der Waals surface area contributed by atoms with Crippen LogP contribution in [0.5, 0.6) is 0 Å². The van der Waals surface area contributed by atoms with Gasteiger partial charge in [-0.1, -0.05) is 25.0 Å².